The fraction of sp³-hybridized carbons (Fsp3) is 0.455. The highest BCUT2D eigenvalue weighted by atomic mass is 32.1. The zero-order valence-electron chi connectivity index (χ0n) is 8.12. The Balaban J connectivity index is 2.10. The molecule has 1 aromatic heterocycles. The van der Waals surface area contributed by atoms with Gasteiger partial charge < -0.3 is 5.32 Å². The van der Waals surface area contributed by atoms with E-state index in [1.807, 2.05) is 6.08 Å². The van der Waals surface area contributed by atoms with Crippen LogP contribution in [-0.4, -0.2) is 12.6 Å². The Morgan fingerprint density at radius 1 is 1.69 bits per heavy atom. The fourth-order valence-electron chi connectivity index (χ4n) is 1.23. The van der Waals surface area contributed by atoms with Gasteiger partial charge in [-0.15, -0.1) is 6.58 Å². The van der Waals surface area contributed by atoms with Gasteiger partial charge in [-0.1, -0.05) is 6.08 Å². The average molecular weight is 195 g/mol. The molecule has 2 heteroatoms. The third-order valence-corrected chi connectivity index (χ3v) is 2.74. The maximum Gasteiger partial charge on any atom is 0.00732 e. The van der Waals surface area contributed by atoms with E-state index >= 15 is 0 Å². The molecule has 0 radical (unpaired) electrons. The van der Waals surface area contributed by atoms with Gasteiger partial charge in [-0.2, -0.15) is 11.3 Å². The molecule has 0 bridgehead atoms. The van der Waals surface area contributed by atoms with Crippen molar-refractivity contribution in [3.8, 4) is 0 Å². The first-order valence-electron chi connectivity index (χ1n) is 4.68. The van der Waals surface area contributed by atoms with Crippen molar-refractivity contribution < 1.29 is 0 Å². The summed E-state index contributed by atoms with van der Waals surface area (Å²) in [6, 6.07) is 2.74. The highest BCUT2D eigenvalue weighted by molar-refractivity contribution is 7.07. The van der Waals surface area contributed by atoms with E-state index in [2.05, 4.69) is 35.6 Å². The Labute approximate surface area is 84.5 Å². The van der Waals surface area contributed by atoms with Crippen LogP contribution in [0.3, 0.4) is 0 Å². The van der Waals surface area contributed by atoms with Crippen LogP contribution in [0.5, 0.6) is 0 Å². The summed E-state index contributed by atoms with van der Waals surface area (Å²) in [5, 5.41) is 7.79. The van der Waals surface area contributed by atoms with Crippen LogP contribution in [-0.2, 0) is 6.42 Å². The fourth-order valence-corrected chi connectivity index (χ4v) is 1.93. The maximum atomic E-state index is 3.72. The lowest BCUT2D eigenvalue weighted by Gasteiger charge is -2.10. The van der Waals surface area contributed by atoms with Gasteiger partial charge in [0.15, 0.2) is 0 Å². The van der Waals surface area contributed by atoms with Crippen LogP contribution in [0, 0.1) is 0 Å². The second-order valence-electron chi connectivity index (χ2n) is 3.26. The van der Waals surface area contributed by atoms with E-state index in [0.717, 1.165) is 19.4 Å². The zero-order chi connectivity index (χ0) is 9.52. The number of hydrogen-bond acceptors (Lipinski definition) is 2. The second kappa shape index (κ2) is 5.95. The monoisotopic (exact) mass is 195 g/mol. The topological polar surface area (TPSA) is 12.0 Å². The van der Waals surface area contributed by atoms with Crippen LogP contribution in [0.2, 0.25) is 0 Å². The predicted molar refractivity (Wildman–Crippen MR) is 60.3 cm³/mol. The van der Waals surface area contributed by atoms with E-state index in [4.69, 9.17) is 0 Å². The molecule has 0 aliphatic rings. The van der Waals surface area contributed by atoms with Crippen molar-refractivity contribution >= 4 is 11.3 Å². The van der Waals surface area contributed by atoms with Crippen LogP contribution in [0.15, 0.2) is 29.5 Å². The minimum atomic E-state index is 0.552. The minimum Gasteiger partial charge on any atom is -0.314 e. The summed E-state index contributed by atoms with van der Waals surface area (Å²) in [5.74, 6) is 0. The van der Waals surface area contributed by atoms with Gasteiger partial charge >= 0.3 is 0 Å². The van der Waals surface area contributed by atoms with Gasteiger partial charge in [-0.25, -0.2) is 0 Å². The molecule has 0 spiro atoms. The van der Waals surface area contributed by atoms with E-state index < -0.39 is 0 Å². The average Bonchev–Trinajstić information content (AvgIpc) is 2.57. The quantitative estimate of drug-likeness (QED) is 0.688. The first-order valence-corrected chi connectivity index (χ1v) is 5.62. The molecule has 0 saturated carbocycles. The van der Waals surface area contributed by atoms with Crippen LogP contribution < -0.4 is 5.32 Å². The Bertz CT molecular complexity index is 228. The van der Waals surface area contributed by atoms with Crippen molar-refractivity contribution in [3.63, 3.8) is 0 Å². The molecule has 0 amide bonds. The van der Waals surface area contributed by atoms with Gasteiger partial charge in [0.1, 0.15) is 0 Å². The van der Waals surface area contributed by atoms with E-state index in [1.54, 1.807) is 11.3 Å². The Morgan fingerprint density at radius 2 is 2.54 bits per heavy atom. The lowest BCUT2D eigenvalue weighted by Crippen LogP contribution is -2.27. The molecular formula is C11H17NS. The molecule has 1 nitrogen and oxygen atoms in total. The number of rotatable bonds is 6. The van der Waals surface area contributed by atoms with Crippen molar-refractivity contribution in [2.75, 3.05) is 6.54 Å². The molecule has 0 aliphatic carbocycles. The van der Waals surface area contributed by atoms with Gasteiger partial charge in [0.05, 0.1) is 0 Å². The molecule has 13 heavy (non-hydrogen) atoms. The lowest BCUT2D eigenvalue weighted by molar-refractivity contribution is 0.557. The molecular weight excluding hydrogens is 178 g/mol. The summed E-state index contributed by atoms with van der Waals surface area (Å²) in [6.45, 7) is 6.97. The van der Waals surface area contributed by atoms with E-state index in [1.165, 1.54) is 5.56 Å². The van der Waals surface area contributed by atoms with E-state index in [0.29, 0.717) is 6.04 Å². The summed E-state index contributed by atoms with van der Waals surface area (Å²) in [6.07, 6.45) is 4.14. The van der Waals surface area contributed by atoms with Crippen molar-refractivity contribution in [1.29, 1.82) is 0 Å². The van der Waals surface area contributed by atoms with E-state index in [9.17, 15) is 0 Å². The molecule has 1 unspecified atom stereocenters. The zero-order valence-corrected chi connectivity index (χ0v) is 8.94. The second-order valence-corrected chi connectivity index (χ2v) is 4.04. The lowest BCUT2D eigenvalue weighted by atomic mass is 10.2. The van der Waals surface area contributed by atoms with Gasteiger partial charge in [0.2, 0.25) is 0 Å². The van der Waals surface area contributed by atoms with Crippen LogP contribution in [0.25, 0.3) is 0 Å². The molecule has 1 aromatic rings. The van der Waals surface area contributed by atoms with Crippen molar-refractivity contribution in [3.05, 3.63) is 35.0 Å². The van der Waals surface area contributed by atoms with Crippen LogP contribution >= 0.6 is 11.3 Å². The molecule has 1 rings (SSSR count). The molecule has 0 saturated heterocycles. The normalized spacial score (nSPS) is 12.7. The molecule has 1 atom stereocenters. The minimum absolute atomic E-state index is 0.552. The summed E-state index contributed by atoms with van der Waals surface area (Å²) < 4.78 is 0. The highest BCUT2D eigenvalue weighted by Crippen LogP contribution is 2.05. The van der Waals surface area contributed by atoms with Gasteiger partial charge in [-0.3, -0.25) is 0 Å². The first kappa shape index (κ1) is 10.5. The van der Waals surface area contributed by atoms with Gasteiger partial charge in [0, 0.05) is 6.04 Å². The number of thiophene rings is 1. The van der Waals surface area contributed by atoms with Gasteiger partial charge in [-0.05, 0) is 48.7 Å². The summed E-state index contributed by atoms with van der Waals surface area (Å²) in [7, 11) is 0. The van der Waals surface area contributed by atoms with Crippen molar-refractivity contribution in [2.45, 2.75) is 25.8 Å². The SMILES string of the molecule is C=CCC(C)NCCc1ccsc1. The summed E-state index contributed by atoms with van der Waals surface area (Å²) >= 11 is 1.76. The number of hydrogen-bond donors (Lipinski definition) is 1. The van der Waals surface area contributed by atoms with Crippen LogP contribution in [0.1, 0.15) is 18.9 Å². The Morgan fingerprint density at radius 3 is 3.15 bits per heavy atom. The molecule has 72 valence electrons. The third-order valence-electron chi connectivity index (χ3n) is 2.01. The summed E-state index contributed by atoms with van der Waals surface area (Å²) in [5.41, 5.74) is 1.43. The molecule has 0 aliphatic heterocycles. The third kappa shape index (κ3) is 4.25. The van der Waals surface area contributed by atoms with Crippen molar-refractivity contribution in [2.24, 2.45) is 0 Å². The first-order chi connectivity index (χ1) is 6.33. The van der Waals surface area contributed by atoms with Gasteiger partial charge in [0.25, 0.3) is 0 Å². The highest BCUT2D eigenvalue weighted by Gasteiger charge is 1.97. The summed E-state index contributed by atoms with van der Waals surface area (Å²) in [4.78, 5) is 0. The molecule has 0 fully saturated rings. The molecule has 0 aromatic carbocycles. The smallest absolute Gasteiger partial charge is 0.00732 e. The van der Waals surface area contributed by atoms with Crippen molar-refractivity contribution in [1.82, 2.24) is 5.32 Å². The predicted octanol–water partition coefficient (Wildman–Crippen LogP) is 2.84. The Kier molecular flexibility index (Phi) is 4.79. The van der Waals surface area contributed by atoms with Crippen LogP contribution in [0.4, 0.5) is 0 Å². The molecule has 1 N–H and O–H groups in total. The standard InChI is InChI=1S/C11H17NS/c1-3-4-10(2)12-7-5-11-6-8-13-9-11/h3,6,8-10,12H,1,4-5,7H2,2H3. The number of nitrogens with one attached hydrogen (secondary N) is 1. The molecule has 1 heterocycles. The Hall–Kier alpha value is -0.600. The largest absolute Gasteiger partial charge is 0.314 e. The maximum absolute atomic E-state index is 3.72. The van der Waals surface area contributed by atoms with E-state index in [-0.39, 0.29) is 0 Å².